The van der Waals surface area contributed by atoms with Gasteiger partial charge in [-0.3, -0.25) is 4.79 Å². The smallest absolute Gasteiger partial charge is 0.353 e. The Morgan fingerprint density at radius 3 is 2.09 bits per heavy atom. The fourth-order valence-corrected chi connectivity index (χ4v) is 3.17. The summed E-state index contributed by atoms with van der Waals surface area (Å²) in [6.45, 7) is 1.62. The monoisotopic (exact) mass is 434 g/mol. The molecule has 8 heteroatoms. The summed E-state index contributed by atoms with van der Waals surface area (Å²) in [7, 11) is 2.47. The normalized spacial score (nSPS) is 11.3. The molecule has 0 spiro atoms. The molecule has 1 unspecified atom stereocenters. The SMILES string of the molecule is COC(=O)Cc1nc(C)nc(C(OC(=O)c2ccccc2)C(=O)OC)c1-c1ccccc1. The number of nitrogens with zero attached hydrogens (tertiary/aromatic N) is 2. The van der Waals surface area contributed by atoms with Gasteiger partial charge in [-0.15, -0.1) is 0 Å². The summed E-state index contributed by atoms with van der Waals surface area (Å²) in [5.74, 6) is -1.75. The van der Waals surface area contributed by atoms with Crippen molar-refractivity contribution >= 4 is 17.9 Å². The van der Waals surface area contributed by atoms with Gasteiger partial charge in [0.15, 0.2) is 0 Å². The number of hydrogen-bond acceptors (Lipinski definition) is 8. The molecule has 1 heterocycles. The maximum Gasteiger partial charge on any atom is 0.353 e. The summed E-state index contributed by atoms with van der Waals surface area (Å²) in [5.41, 5.74) is 1.78. The topological polar surface area (TPSA) is 105 Å². The molecule has 8 nitrogen and oxygen atoms in total. The van der Waals surface area contributed by atoms with E-state index in [1.165, 1.54) is 14.2 Å². The zero-order valence-electron chi connectivity index (χ0n) is 17.9. The highest BCUT2D eigenvalue weighted by Crippen LogP contribution is 2.33. The minimum absolute atomic E-state index is 0.124. The zero-order chi connectivity index (χ0) is 23.1. The highest BCUT2D eigenvalue weighted by molar-refractivity contribution is 5.92. The predicted octanol–water partition coefficient (Wildman–Crippen LogP) is 3.24. The number of benzene rings is 2. The van der Waals surface area contributed by atoms with Crippen molar-refractivity contribution in [2.24, 2.45) is 0 Å². The molecule has 0 aliphatic carbocycles. The van der Waals surface area contributed by atoms with Gasteiger partial charge < -0.3 is 14.2 Å². The third-order valence-corrected chi connectivity index (χ3v) is 4.62. The van der Waals surface area contributed by atoms with Crippen LogP contribution >= 0.6 is 0 Å². The molecule has 2 aromatic carbocycles. The molecule has 0 amide bonds. The Morgan fingerprint density at radius 1 is 0.875 bits per heavy atom. The lowest BCUT2D eigenvalue weighted by Crippen LogP contribution is -2.24. The number of carbonyl (C=O) groups is 3. The van der Waals surface area contributed by atoms with Gasteiger partial charge in [0.25, 0.3) is 0 Å². The Kier molecular flexibility index (Phi) is 7.28. The van der Waals surface area contributed by atoms with Gasteiger partial charge in [0, 0.05) is 5.56 Å². The second-order valence-corrected chi connectivity index (χ2v) is 6.77. The molecule has 164 valence electrons. The van der Waals surface area contributed by atoms with E-state index >= 15 is 0 Å². The molecule has 0 radical (unpaired) electrons. The highest BCUT2D eigenvalue weighted by atomic mass is 16.6. The van der Waals surface area contributed by atoms with Crippen molar-refractivity contribution < 1.29 is 28.6 Å². The van der Waals surface area contributed by atoms with Crippen molar-refractivity contribution in [2.75, 3.05) is 14.2 Å². The molecule has 0 saturated carbocycles. The Bertz CT molecular complexity index is 1120. The maximum absolute atomic E-state index is 12.7. The second kappa shape index (κ2) is 10.3. The van der Waals surface area contributed by atoms with E-state index in [2.05, 4.69) is 9.97 Å². The fourth-order valence-electron chi connectivity index (χ4n) is 3.17. The number of aryl methyl sites for hydroxylation is 1. The molecule has 32 heavy (non-hydrogen) atoms. The van der Waals surface area contributed by atoms with Crippen LogP contribution in [0.2, 0.25) is 0 Å². The first-order chi connectivity index (χ1) is 15.4. The Hall–Kier alpha value is -4.07. The van der Waals surface area contributed by atoms with Crippen LogP contribution in [0.25, 0.3) is 11.1 Å². The fraction of sp³-hybridized carbons (Fsp3) is 0.208. The molecule has 3 aromatic rings. The Balaban J connectivity index is 2.17. The Labute approximate surface area is 185 Å². The lowest BCUT2D eigenvalue weighted by Gasteiger charge is -2.20. The van der Waals surface area contributed by atoms with Crippen molar-refractivity contribution in [3.8, 4) is 11.1 Å². The third-order valence-electron chi connectivity index (χ3n) is 4.62. The number of esters is 3. The lowest BCUT2D eigenvalue weighted by molar-refractivity contribution is -0.151. The summed E-state index contributed by atoms with van der Waals surface area (Å²) in [6.07, 6.45) is -1.63. The molecule has 0 fully saturated rings. The van der Waals surface area contributed by atoms with E-state index in [0.29, 0.717) is 22.6 Å². The van der Waals surface area contributed by atoms with Crippen LogP contribution in [0, 0.1) is 6.92 Å². The molecule has 0 bridgehead atoms. The zero-order valence-corrected chi connectivity index (χ0v) is 17.9. The van der Waals surface area contributed by atoms with E-state index in [4.69, 9.17) is 14.2 Å². The van der Waals surface area contributed by atoms with Crippen LogP contribution in [-0.4, -0.2) is 42.1 Å². The molecule has 0 N–H and O–H groups in total. The lowest BCUT2D eigenvalue weighted by atomic mass is 9.97. The maximum atomic E-state index is 12.7. The summed E-state index contributed by atoms with van der Waals surface area (Å²) in [4.78, 5) is 46.3. The first-order valence-corrected chi connectivity index (χ1v) is 9.78. The first-order valence-electron chi connectivity index (χ1n) is 9.78. The van der Waals surface area contributed by atoms with Gasteiger partial charge in [-0.25, -0.2) is 19.6 Å². The van der Waals surface area contributed by atoms with Crippen LogP contribution in [0.1, 0.15) is 33.7 Å². The van der Waals surface area contributed by atoms with Crippen molar-refractivity contribution in [3.63, 3.8) is 0 Å². The molecule has 0 aliphatic rings. The van der Waals surface area contributed by atoms with E-state index in [-0.39, 0.29) is 17.7 Å². The molecule has 1 aromatic heterocycles. The van der Waals surface area contributed by atoms with Crippen LogP contribution in [0.5, 0.6) is 0 Å². The van der Waals surface area contributed by atoms with Gasteiger partial charge in [0.2, 0.25) is 6.10 Å². The Morgan fingerprint density at radius 2 is 1.50 bits per heavy atom. The standard InChI is InChI=1S/C24H22N2O6/c1-15-25-18(14-19(27)30-2)20(16-10-6-4-7-11-16)21(26-15)22(24(29)31-3)32-23(28)17-12-8-5-9-13-17/h4-13,22H,14H2,1-3H3. The number of aromatic nitrogens is 2. The number of ether oxygens (including phenoxy) is 3. The quantitative estimate of drug-likeness (QED) is 0.412. The van der Waals surface area contributed by atoms with Crippen LogP contribution in [-0.2, 0) is 30.2 Å². The summed E-state index contributed by atoms with van der Waals surface area (Å²) in [6, 6.07) is 17.3. The molecule has 1 atom stereocenters. The highest BCUT2D eigenvalue weighted by Gasteiger charge is 2.33. The molecule has 0 saturated heterocycles. The van der Waals surface area contributed by atoms with Crippen molar-refractivity contribution in [1.29, 1.82) is 0 Å². The van der Waals surface area contributed by atoms with Gasteiger partial charge in [0.1, 0.15) is 11.5 Å². The average Bonchev–Trinajstić information content (AvgIpc) is 2.82. The van der Waals surface area contributed by atoms with Crippen molar-refractivity contribution in [1.82, 2.24) is 9.97 Å². The van der Waals surface area contributed by atoms with Crippen LogP contribution in [0.15, 0.2) is 60.7 Å². The molecular formula is C24H22N2O6. The van der Waals surface area contributed by atoms with E-state index in [1.807, 2.05) is 6.07 Å². The molecule has 3 rings (SSSR count). The van der Waals surface area contributed by atoms with Gasteiger partial charge in [-0.05, 0) is 24.6 Å². The van der Waals surface area contributed by atoms with E-state index in [9.17, 15) is 14.4 Å². The summed E-state index contributed by atoms with van der Waals surface area (Å²) in [5, 5.41) is 0. The van der Waals surface area contributed by atoms with Gasteiger partial charge in [-0.1, -0.05) is 48.5 Å². The van der Waals surface area contributed by atoms with Crippen LogP contribution in [0.3, 0.4) is 0 Å². The number of carbonyl (C=O) groups excluding carboxylic acids is 3. The first kappa shape index (κ1) is 22.6. The number of hydrogen-bond donors (Lipinski definition) is 0. The van der Waals surface area contributed by atoms with Crippen LogP contribution < -0.4 is 0 Å². The van der Waals surface area contributed by atoms with E-state index < -0.39 is 24.0 Å². The van der Waals surface area contributed by atoms with Crippen molar-refractivity contribution in [3.05, 3.63) is 83.4 Å². The largest absolute Gasteiger partial charge is 0.469 e. The van der Waals surface area contributed by atoms with Gasteiger partial charge >= 0.3 is 17.9 Å². The predicted molar refractivity (Wildman–Crippen MR) is 115 cm³/mol. The number of methoxy groups -OCH3 is 2. The van der Waals surface area contributed by atoms with Gasteiger partial charge in [0.05, 0.1) is 31.9 Å². The molecular weight excluding hydrogens is 412 g/mol. The van der Waals surface area contributed by atoms with E-state index in [1.54, 1.807) is 61.5 Å². The second-order valence-electron chi connectivity index (χ2n) is 6.77. The number of rotatable bonds is 7. The van der Waals surface area contributed by atoms with Crippen LogP contribution in [0.4, 0.5) is 0 Å². The summed E-state index contributed by atoms with van der Waals surface area (Å²) >= 11 is 0. The van der Waals surface area contributed by atoms with E-state index in [0.717, 1.165) is 0 Å². The minimum Gasteiger partial charge on any atom is -0.469 e. The third kappa shape index (κ3) is 5.15. The van der Waals surface area contributed by atoms with Gasteiger partial charge in [-0.2, -0.15) is 0 Å². The summed E-state index contributed by atoms with van der Waals surface area (Å²) < 4.78 is 15.3. The molecule has 0 aliphatic heterocycles. The minimum atomic E-state index is -1.47. The van der Waals surface area contributed by atoms with Crippen molar-refractivity contribution in [2.45, 2.75) is 19.4 Å². The average molecular weight is 434 g/mol.